The Hall–Kier alpha value is -2.67. The van der Waals surface area contributed by atoms with E-state index in [1.807, 2.05) is 0 Å². The van der Waals surface area contributed by atoms with E-state index in [1.54, 1.807) is 19.9 Å². The molecule has 3 N–H and O–H groups in total. The predicted octanol–water partition coefficient (Wildman–Crippen LogP) is 1.89. The van der Waals surface area contributed by atoms with Gasteiger partial charge >= 0.3 is 5.97 Å². The Labute approximate surface area is 144 Å². The monoisotopic (exact) mass is 348 g/mol. The fraction of sp³-hybridized carbons (Fsp3) is 0.389. The summed E-state index contributed by atoms with van der Waals surface area (Å²) < 4.78 is 5.13. The molecule has 25 heavy (non-hydrogen) atoms. The van der Waals surface area contributed by atoms with Crippen LogP contribution in [0.25, 0.3) is 0 Å². The van der Waals surface area contributed by atoms with Crippen LogP contribution in [0.2, 0.25) is 0 Å². The lowest BCUT2D eigenvalue weighted by Gasteiger charge is -2.38. The molecule has 1 aromatic carbocycles. The van der Waals surface area contributed by atoms with Crippen molar-refractivity contribution >= 4 is 17.5 Å². The van der Waals surface area contributed by atoms with Crippen molar-refractivity contribution in [2.75, 3.05) is 0 Å². The van der Waals surface area contributed by atoms with Crippen molar-refractivity contribution in [1.82, 2.24) is 0 Å². The number of hydrogen-bond donors (Lipinski definition) is 3. The summed E-state index contributed by atoms with van der Waals surface area (Å²) in [5.74, 6) is -3.46. The number of Topliss-reactive ketones (excluding diaryl/α,β-unsaturated/α-hetero) is 2. The third-order valence-corrected chi connectivity index (χ3v) is 4.09. The second-order valence-electron chi connectivity index (χ2n) is 6.30. The van der Waals surface area contributed by atoms with Crippen molar-refractivity contribution in [3.05, 3.63) is 34.9 Å². The molecule has 2 atom stereocenters. The van der Waals surface area contributed by atoms with Crippen LogP contribution >= 0.6 is 0 Å². The van der Waals surface area contributed by atoms with E-state index in [2.05, 4.69) is 0 Å². The van der Waals surface area contributed by atoms with E-state index in [9.17, 15) is 29.7 Å². The number of esters is 1. The Morgan fingerprint density at radius 1 is 1.20 bits per heavy atom. The van der Waals surface area contributed by atoms with Gasteiger partial charge in [0.2, 0.25) is 11.4 Å². The predicted molar refractivity (Wildman–Crippen MR) is 87.6 cm³/mol. The van der Waals surface area contributed by atoms with Crippen LogP contribution in [0.3, 0.4) is 0 Å². The standard InChI is InChI=1S/C18H20O7/c1-9(2)4-7-14(23)18(25-10(3)19)8-13(22)15-11(20)5-6-12(21)16(15)17(18)24/h4-6,14,20-21,23H,7-8H2,1-3H3/t14-,18?/m1/s1. The number of ether oxygens (including phenoxy) is 1. The van der Waals surface area contributed by atoms with Crippen molar-refractivity contribution in [3.63, 3.8) is 0 Å². The maximum absolute atomic E-state index is 13.0. The van der Waals surface area contributed by atoms with Gasteiger partial charge < -0.3 is 20.1 Å². The van der Waals surface area contributed by atoms with Crippen LogP contribution in [-0.4, -0.2) is 44.6 Å². The highest BCUT2D eigenvalue weighted by Crippen LogP contribution is 2.42. The zero-order valence-corrected chi connectivity index (χ0v) is 14.2. The lowest BCUT2D eigenvalue weighted by molar-refractivity contribution is -0.162. The molecule has 7 heteroatoms. The van der Waals surface area contributed by atoms with Gasteiger partial charge in [-0.1, -0.05) is 11.6 Å². The fourth-order valence-electron chi connectivity index (χ4n) is 2.93. The topological polar surface area (TPSA) is 121 Å². The van der Waals surface area contributed by atoms with E-state index in [0.29, 0.717) is 0 Å². The van der Waals surface area contributed by atoms with Gasteiger partial charge in [-0.15, -0.1) is 0 Å². The van der Waals surface area contributed by atoms with Crippen molar-refractivity contribution in [1.29, 1.82) is 0 Å². The Balaban J connectivity index is 2.63. The molecule has 0 radical (unpaired) electrons. The molecule has 1 aromatic rings. The molecule has 7 nitrogen and oxygen atoms in total. The summed E-state index contributed by atoms with van der Waals surface area (Å²) in [6.07, 6.45) is -0.486. The van der Waals surface area contributed by atoms with E-state index in [4.69, 9.17) is 4.74 Å². The Kier molecular flexibility index (Phi) is 4.99. The maximum Gasteiger partial charge on any atom is 0.303 e. The molecule has 1 aliphatic carbocycles. The van der Waals surface area contributed by atoms with Crippen LogP contribution in [0.5, 0.6) is 11.5 Å². The van der Waals surface area contributed by atoms with Crippen LogP contribution in [0.1, 0.15) is 54.3 Å². The quantitative estimate of drug-likeness (QED) is 0.431. The molecule has 134 valence electrons. The molecule has 0 fully saturated rings. The smallest absolute Gasteiger partial charge is 0.303 e. The number of aliphatic hydroxyl groups is 1. The van der Waals surface area contributed by atoms with Crippen molar-refractivity contribution in [2.45, 2.75) is 45.3 Å². The van der Waals surface area contributed by atoms with Gasteiger partial charge in [0.15, 0.2) is 5.78 Å². The molecule has 1 unspecified atom stereocenters. The molecular weight excluding hydrogens is 328 g/mol. The summed E-state index contributed by atoms with van der Waals surface area (Å²) in [6, 6.07) is 2.16. The summed E-state index contributed by atoms with van der Waals surface area (Å²) in [6.45, 7) is 4.64. The molecular formula is C18H20O7. The van der Waals surface area contributed by atoms with Gasteiger partial charge in [-0.25, -0.2) is 0 Å². The second-order valence-corrected chi connectivity index (χ2v) is 6.30. The number of carbonyl (C=O) groups is 3. The molecule has 0 saturated carbocycles. The number of aliphatic hydroxyl groups excluding tert-OH is 1. The van der Waals surface area contributed by atoms with Gasteiger partial charge in [-0.3, -0.25) is 14.4 Å². The minimum Gasteiger partial charge on any atom is -0.507 e. The lowest BCUT2D eigenvalue weighted by Crippen LogP contribution is -2.56. The third-order valence-electron chi connectivity index (χ3n) is 4.09. The molecule has 0 spiro atoms. The number of rotatable bonds is 4. The number of aromatic hydroxyl groups is 2. The van der Waals surface area contributed by atoms with Gasteiger partial charge in [0.25, 0.3) is 0 Å². The number of phenols is 2. The van der Waals surface area contributed by atoms with Crippen LogP contribution < -0.4 is 0 Å². The van der Waals surface area contributed by atoms with E-state index in [1.165, 1.54) is 0 Å². The zero-order valence-electron chi connectivity index (χ0n) is 14.2. The minimum atomic E-state index is -2.15. The van der Waals surface area contributed by atoms with E-state index in [-0.39, 0.29) is 12.0 Å². The fourth-order valence-corrected chi connectivity index (χ4v) is 2.93. The van der Waals surface area contributed by atoms with Crippen LogP contribution in [0, 0.1) is 0 Å². The third kappa shape index (κ3) is 3.28. The summed E-state index contributed by atoms with van der Waals surface area (Å²) in [5, 5.41) is 30.4. The summed E-state index contributed by atoms with van der Waals surface area (Å²) in [4.78, 5) is 37.1. The first-order valence-electron chi connectivity index (χ1n) is 7.74. The van der Waals surface area contributed by atoms with Gasteiger partial charge in [0, 0.05) is 6.92 Å². The summed E-state index contributed by atoms with van der Waals surface area (Å²) in [7, 11) is 0. The highest BCUT2D eigenvalue weighted by Gasteiger charge is 2.55. The normalized spacial score (nSPS) is 20.6. The largest absolute Gasteiger partial charge is 0.507 e. The first-order valence-corrected chi connectivity index (χ1v) is 7.74. The molecule has 0 bridgehead atoms. The number of carbonyl (C=O) groups excluding carboxylic acids is 3. The Morgan fingerprint density at radius 2 is 1.76 bits per heavy atom. The molecule has 0 heterocycles. The minimum absolute atomic E-state index is 0.0243. The van der Waals surface area contributed by atoms with Crippen LogP contribution in [-0.2, 0) is 9.53 Å². The highest BCUT2D eigenvalue weighted by molar-refractivity contribution is 6.21. The lowest BCUT2D eigenvalue weighted by atomic mass is 9.73. The molecule has 0 aliphatic heterocycles. The SMILES string of the molecule is CC(=O)OC1([C@H](O)CC=C(C)C)CC(=O)c2c(O)ccc(O)c2C1=O. The maximum atomic E-state index is 13.0. The number of ketones is 2. The number of hydrogen-bond acceptors (Lipinski definition) is 7. The van der Waals surface area contributed by atoms with Crippen LogP contribution in [0.4, 0.5) is 0 Å². The Morgan fingerprint density at radius 3 is 2.28 bits per heavy atom. The Bertz CT molecular complexity index is 774. The zero-order chi connectivity index (χ0) is 18.9. The molecule has 0 aromatic heterocycles. The molecule has 2 rings (SSSR count). The van der Waals surface area contributed by atoms with Crippen molar-refractivity contribution in [3.8, 4) is 11.5 Å². The molecule has 1 aliphatic rings. The summed E-state index contributed by atoms with van der Waals surface area (Å²) in [5.41, 5.74) is -2.06. The van der Waals surface area contributed by atoms with Crippen molar-refractivity contribution in [2.24, 2.45) is 0 Å². The highest BCUT2D eigenvalue weighted by atomic mass is 16.6. The summed E-state index contributed by atoms with van der Waals surface area (Å²) >= 11 is 0. The molecule has 0 amide bonds. The van der Waals surface area contributed by atoms with Gasteiger partial charge in [-0.2, -0.15) is 0 Å². The van der Waals surface area contributed by atoms with Gasteiger partial charge in [0.05, 0.1) is 17.5 Å². The van der Waals surface area contributed by atoms with E-state index in [0.717, 1.165) is 24.6 Å². The number of fused-ring (bicyclic) bond motifs is 1. The van der Waals surface area contributed by atoms with Gasteiger partial charge in [0.1, 0.15) is 17.6 Å². The number of allylic oxidation sites excluding steroid dienone is 1. The van der Waals surface area contributed by atoms with E-state index >= 15 is 0 Å². The molecule has 0 saturated heterocycles. The number of benzene rings is 1. The van der Waals surface area contributed by atoms with E-state index < -0.39 is 52.7 Å². The second kappa shape index (κ2) is 6.68. The number of phenolic OH excluding ortho intramolecular Hbond substituents is 2. The van der Waals surface area contributed by atoms with Crippen LogP contribution in [0.15, 0.2) is 23.8 Å². The van der Waals surface area contributed by atoms with Gasteiger partial charge in [-0.05, 0) is 32.4 Å². The van der Waals surface area contributed by atoms with Crippen molar-refractivity contribution < 1.29 is 34.4 Å². The average Bonchev–Trinajstić information content (AvgIpc) is 2.51. The first kappa shape index (κ1) is 18.7. The average molecular weight is 348 g/mol. The first-order chi connectivity index (χ1) is 11.6.